The Morgan fingerprint density at radius 3 is 2.60 bits per heavy atom. The van der Waals surface area contributed by atoms with Crippen molar-refractivity contribution in [1.82, 2.24) is 4.57 Å². The molecule has 1 N–H and O–H groups in total. The molecule has 0 fully saturated rings. The summed E-state index contributed by atoms with van der Waals surface area (Å²) in [4.78, 5) is 25.2. The van der Waals surface area contributed by atoms with E-state index in [1.54, 1.807) is 10.6 Å². The maximum Gasteiger partial charge on any atom is 0.261 e. The van der Waals surface area contributed by atoms with Crippen molar-refractivity contribution in [2.24, 2.45) is 0 Å². The average molecular weight is 342 g/mol. The lowest BCUT2D eigenvalue weighted by Gasteiger charge is -2.12. The Balaban J connectivity index is 2.10. The van der Waals surface area contributed by atoms with E-state index >= 15 is 0 Å². The maximum atomic E-state index is 13.7. The molecule has 0 radical (unpaired) electrons. The van der Waals surface area contributed by atoms with Crippen LogP contribution < -0.4 is 10.7 Å². The molecule has 0 saturated carbocycles. The summed E-state index contributed by atoms with van der Waals surface area (Å²) in [7, 11) is 0. The maximum absolute atomic E-state index is 13.7. The van der Waals surface area contributed by atoms with Crippen molar-refractivity contribution in [2.75, 3.05) is 5.32 Å². The fraction of sp³-hybridized carbons (Fsp3) is 0.158. The molecule has 2 aromatic carbocycles. The van der Waals surface area contributed by atoms with Gasteiger partial charge in [0, 0.05) is 24.2 Å². The normalized spacial score (nSPS) is 10.9. The van der Waals surface area contributed by atoms with E-state index in [0.29, 0.717) is 18.0 Å². The van der Waals surface area contributed by atoms with Gasteiger partial charge in [0.1, 0.15) is 17.2 Å². The molecule has 3 aromatic rings. The van der Waals surface area contributed by atoms with Gasteiger partial charge in [-0.15, -0.1) is 0 Å². The Labute approximate surface area is 142 Å². The molecule has 0 saturated heterocycles. The summed E-state index contributed by atoms with van der Waals surface area (Å²) in [5, 5.41) is 2.76. The number of amides is 1. The van der Waals surface area contributed by atoms with Gasteiger partial charge in [-0.05, 0) is 38.1 Å². The first-order valence-electron chi connectivity index (χ1n) is 7.81. The van der Waals surface area contributed by atoms with Gasteiger partial charge in [0.2, 0.25) is 5.43 Å². The second-order valence-electron chi connectivity index (χ2n) is 5.76. The monoisotopic (exact) mass is 342 g/mol. The molecule has 0 aliphatic carbocycles. The minimum Gasteiger partial charge on any atom is -0.347 e. The second-order valence-corrected chi connectivity index (χ2v) is 5.76. The first kappa shape index (κ1) is 16.8. The molecule has 128 valence electrons. The van der Waals surface area contributed by atoms with Gasteiger partial charge in [-0.2, -0.15) is 0 Å². The van der Waals surface area contributed by atoms with Crippen LogP contribution in [0.25, 0.3) is 10.9 Å². The number of anilines is 1. The van der Waals surface area contributed by atoms with Crippen LogP contribution in [0.5, 0.6) is 0 Å². The molecule has 0 aliphatic rings. The van der Waals surface area contributed by atoms with Gasteiger partial charge >= 0.3 is 0 Å². The van der Waals surface area contributed by atoms with Gasteiger partial charge in [-0.3, -0.25) is 9.59 Å². The number of aryl methyl sites for hydroxylation is 2. The van der Waals surface area contributed by atoms with E-state index in [4.69, 9.17) is 0 Å². The highest BCUT2D eigenvalue weighted by Gasteiger charge is 2.17. The van der Waals surface area contributed by atoms with Gasteiger partial charge in [0.25, 0.3) is 5.91 Å². The van der Waals surface area contributed by atoms with E-state index in [1.165, 1.54) is 6.20 Å². The van der Waals surface area contributed by atoms with Crippen molar-refractivity contribution in [3.8, 4) is 0 Å². The summed E-state index contributed by atoms with van der Waals surface area (Å²) >= 11 is 0. The molecule has 3 rings (SSSR count). The molecule has 0 aliphatic heterocycles. The van der Waals surface area contributed by atoms with Crippen molar-refractivity contribution >= 4 is 22.5 Å². The van der Waals surface area contributed by atoms with Gasteiger partial charge in [0.05, 0.1) is 11.2 Å². The lowest BCUT2D eigenvalue weighted by atomic mass is 10.1. The van der Waals surface area contributed by atoms with Crippen LogP contribution in [-0.4, -0.2) is 10.5 Å². The second kappa shape index (κ2) is 6.47. The lowest BCUT2D eigenvalue weighted by Crippen LogP contribution is -2.24. The molecule has 0 bridgehead atoms. The summed E-state index contributed by atoms with van der Waals surface area (Å²) < 4.78 is 28.5. The van der Waals surface area contributed by atoms with Crippen molar-refractivity contribution in [3.05, 3.63) is 75.6 Å². The van der Waals surface area contributed by atoms with E-state index in [2.05, 4.69) is 5.32 Å². The van der Waals surface area contributed by atoms with Crippen LogP contribution in [0.1, 0.15) is 22.8 Å². The molecule has 1 amide bonds. The number of aromatic nitrogens is 1. The predicted molar refractivity (Wildman–Crippen MR) is 92.9 cm³/mol. The molecular weight excluding hydrogens is 326 g/mol. The first-order chi connectivity index (χ1) is 11.9. The van der Waals surface area contributed by atoms with Crippen LogP contribution in [0.3, 0.4) is 0 Å². The molecule has 1 aromatic heterocycles. The quantitative estimate of drug-likeness (QED) is 0.786. The summed E-state index contributed by atoms with van der Waals surface area (Å²) in [5.74, 6) is -2.38. The topological polar surface area (TPSA) is 51.1 Å². The lowest BCUT2D eigenvalue weighted by molar-refractivity contribution is 0.102. The number of nitrogens with one attached hydrogen (secondary N) is 1. The number of carbonyl (C=O) groups is 1. The zero-order valence-electron chi connectivity index (χ0n) is 13.8. The van der Waals surface area contributed by atoms with E-state index in [1.807, 2.05) is 26.0 Å². The number of nitrogens with zero attached hydrogens (tertiary/aromatic N) is 1. The minimum atomic E-state index is -0.902. The number of benzene rings is 2. The summed E-state index contributed by atoms with van der Waals surface area (Å²) in [6.07, 6.45) is 1.46. The highest BCUT2D eigenvalue weighted by molar-refractivity contribution is 6.05. The highest BCUT2D eigenvalue weighted by atomic mass is 19.1. The molecule has 4 nitrogen and oxygen atoms in total. The number of hydrogen-bond acceptors (Lipinski definition) is 2. The van der Waals surface area contributed by atoms with Crippen molar-refractivity contribution in [3.63, 3.8) is 0 Å². The SMILES string of the molecule is CCn1cc(C(=O)Nc2ccc(F)cc2F)c(=O)c2cc(C)ccc21. The van der Waals surface area contributed by atoms with Crippen LogP contribution >= 0.6 is 0 Å². The molecule has 25 heavy (non-hydrogen) atoms. The third-order valence-corrected chi connectivity index (χ3v) is 4.00. The van der Waals surface area contributed by atoms with Crippen LogP contribution in [-0.2, 0) is 6.54 Å². The van der Waals surface area contributed by atoms with Crippen molar-refractivity contribution in [2.45, 2.75) is 20.4 Å². The summed E-state index contributed by atoms with van der Waals surface area (Å²) in [5.41, 5.74) is 0.919. The summed E-state index contributed by atoms with van der Waals surface area (Å²) in [6.45, 7) is 4.31. The predicted octanol–water partition coefficient (Wildman–Crippen LogP) is 3.86. The van der Waals surface area contributed by atoms with Gasteiger partial charge in [0.15, 0.2) is 0 Å². The van der Waals surface area contributed by atoms with Crippen molar-refractivity contribution < 1.29 is 13.6 Å². The zero-order valence-corrected chi connectivity index (χ0v) is 13.8. The number of rotatable bonds is 3. The first-order valence-corrected chi connectivity index (χ1v) is 7.81. The molecule has 0 unspecified atom stereocenters. The van der Waals surface area contributed by atoms with Crippen molar-refractivity contribution in [1.29, 1.82) is 0 Å². The van der Waals surface area contributed by atoms with Crippen LogP contribution in [0.4, 0.5) is 14.5 Å². The Hall–Kier alpha value is -3.02. The number of carbonyl (C=O) groups excluding carboxylic acids is 1. The highest BCUT2D eigenvalue weighted by Crippen LogP contribution is 2.18. The fourth-order valence-corrected chi connectivity index (χ4v) is 2.72. The van der Waals surface area contributed by atoms with Gasteiger partial charge in [-0.25, -0.2) is 8.78 Å². The van der Waals surface area contributed by atoms with Gasteiger partial charge < -0.3 is 9.88 Å². The Kier molecular flexibility index (Phi) is 4.35. The van der Waals surface area contributed by atoms with E-state index in [0.717, 1.165) is 23.2 Å². The minimum absolute atomic E-state index is 0.0938. The number of halogens is 2. The smallest absolute Gasteiger partial charge is 0.261 e. The van der Waals surface area contributed by atoms with E-state index in [-0.39, 0.29) is 11.3 Å². The van der Waals surface area contributed by atoms with Gasteiger partial charge in [-0.1, -0.05) is 11.6 Å². The third-order valence-electron chi connectivity index (χ3n) is 4.00. The van der Waals surface area contributed by atoms with Crippen LogP contribution in [0.15, 0.2) is 47.4 Å². The number of pyridine rings is 1. The third kappa shape index (κ3) is 3.15. The van der Waals surface area contributed by atoms with E-state index < -0.39 is 23.0 Å². The van der Waals surface area contributed by atoms with Crippen LogP contribution in [0.2, 0.25) is 0 Å². The Bertz CT molecular complexity index is 1040. The number of hydrogen-bond donors (Lipinski definition) is 1. The van der Waals surface area contributed by atoms with E-state index in [9.17, 15) is 18.4 Å². The van der Waals surface area contributed by atoms with Crippen LogP contribution in [0, 0.1) is 18.6 Å². The Morgan fingerprint density at radius 1 is 1.16 bits per heavy atom. The Morgan fingerprint density at radius 2 is 1.92 bits per heavy atom. The molecule has 6 heteroatoms. The number of fused-ring (bicyclic) bond motifs is 1. The average Bonchev–Trinajstić information content (AvgIpc) is 2.58. The molecule has 0 spiro atoms. The molecule has 1 heterocycles. The molecule has 0 atom stereocenters. The largest absolute Gasteiger partial charge is 0.347 e. The zero-order chi connectivity index (χ0) is 18.1. The standard InChI is InChI=1S/C19H16F2N2O2/c1-3-23-10-14(18(24)13-8-11(2)4-7-17(13)23)19(25)22-16-6-5-12(20)9-15(16)21/h4-10H,3H2,1-2H3,(H,22,25). The molecular formula is C19H16F2N2O2. The summed E-state index contributed by atoms with van der Waals surface area (Å²) in [6, 6.07) is 8.26. The fourth-order valence-electron chi connectivity index (χ4n) is 2.72.